The zero-order valence-electron chi connectivity index (χ0n) is 9.36. The van der Waals surface area contributed by atoms with E-state index in [0.717, 1.165) is 17.7 Å². The van der Waals surface area contributed by atoms with E-state index in [-0.39, 0.29) is 6.54 Å². The second-order valence-corrected chi connectivity index (χ2v) is 3.71. The molecule has 1 rings (SSSR count). The molecule has 0 aliphatic carbocycles. The molecule has 0 saturated heterocycles. The summed E-state index contributed by atoms with van der Waals surface area (Å²) in [5.41, 5.74) is 5.57. The van der Waals surface area contributed by atoms with E-state index in [9.17, 15) is 5.11 Å². The molecule has 3 heteroatoms. The van der Waals surface area contributed by atoms with Gasteiger partial charge in [0.05, 0.1) is 7.11 Å². The van der Waals surface area contributed by atoms with Crippen LogP contribution in [0.3, 0.4) is 0 Å². The minimum Gasteiger partial charge on any atom is -0.497 e. The molecule has 15 heavy (non-hydrogen) atoms. The fourth-order valence-electron chi connectivity index (χ4n) is 1.68. The molecule has 0 bridgehead atoms. The number of hydrogen-bond donors (Lipinski definition) is 2. The van der Waals surface area contributed by atoms with Gasteiger partial charge in [-0.2, -0.15) is 0 Å². The van der Waals surface area contributed by atoms with E-state index in [0.29, 0.717) is 6.42 Å². The molecule has 1 atom stereocenters. The first kappa shape index (κ1) is 12.0. The van der Waals surface area contributed by atoms with Crippen molar-refractivity contribution in [2.45, 2.75) is 25.4 Å². The monoisotopic (exact) mass is 209 g/mol. The van der Waals surface area contributed by atoms with E-state index in [2.05, 4.69) is 0 Å². The topological polar surface area (TPSA) is 55.5 Å². The number of methoxy groups -OCH3 is 1. The molecule has 1 unspecified atom stereocenters. The van der Waals surface area contributed by atoms with Crippen molar-refractivity contribution < 1.29 is 9.84 Å². The largest absolute Gasteiger partial charge is 0.497 e. The second-order valence-electron chi connectivity index (χ2n) is 3.71. The summed E-state index contributed by atoms with van der Waals surface area (Å²) in [6.45, 7) is 2.28. The molecule has 1 aromatic carbocycles. The van der Waals surface area contributed by atoms with Crippen LogP contribution in [-0.2, 0) is 5.60 Å². The lowest BCUT2D eigenvalue weighted by atomic mass is 9.89. The molecule has 1 aromatic rings. The summed E-state index contributed by atoms with van der Waals surface area (Å²) >= 11 is 0. The summed E-state index contributed by atoms with van der Waals surface area (Å²) in [7, 11) is 1.62. The first-order valence-corrected chi connectivity index (χ1v) is 5.23. The zero-order valence-corrected chi connectivity index (χ0v) is 9.36. The van der Waals surface area contributed by atoms with Gasteiger partial charge >= 0.3 is 0 Å². The summed E-state index contributed by atoms with van der Waals surface area (Å²) in [5.74, 6) is 0.787. The van der Waals surface area contributed by atoms with Crippen LogP contribution in [0.2, 0.25) is 0 Å². The minimum absolute atomic E-state index is 0.243. The van der Waals surface area contributed by atoms with Crippen LogP contribution in [-0.4, -0.2) is 18.8 Å². The maximum atomic E-state index is 10.3. The van der Waals surface area contributed by atoms with Gasteiger partial charge in [-0.1, -0.05) is 25.5 Å². The van der Waals surface area contributed by atoms with Gasteiger partial charge in [0.25, 0.3) is 0 Å². The van der Waals surface area contributed by atoms with E-state index in [1.807, 2.05) is 31.2 Å². The summed E-state index contributed by atoms with van der Waals surface area (Å²) < 4.78 is 5.06. The van der Waals surface area contributed by atoms with Gasteiger partial charge in [0, 0.05) is 6.54 Å². The van der Waals surface area contributed by atoms with Crippen LogP contribution in [0.5, 0.6) is 5.75 Å². The predicted molar refractivity (Wildman–Crippen MR) is 60.9 cm³/mol. The lowest BCUT2D eigenvalue weighted by Gasteiger charge is -2.26. The number of rotatable bonds is 5. The molecule has 0 aliphatic rings. The van der Waals surface area contributed by atoms with Crippen LogP contribution in [0.25, 0.3) is 0 Å². The van der Waals surface area contributed by atoms with Crippen molar-refractivity contribution in [2.75, 3.05) is 13.7 Å². The molecular formula is C12H19NO2. The first-order chi connectivity index (χ1) is 7.16. The highest BCUT2D eigenvalue weighted by molar-refractivity contribution is 5.31. The van der Waals surface area contributed by atoms with Gasteiger partial charge in [0.1, 0.15) is 11.4 Å². The quantitative estimate of drug-likeness (QED) is 0.775. The van der Waals surface area contributed by atoms with Crippen LogP contribution < -0.4 is 10.5 Å². The Morgan fingerprint density at radius 2 is 1.93 bits per heavy atom. The average molecular weight is 209 g/mol. The summed E-state index contributed by atoms with van der Waals surface area (Å²) in [6, 6.07) is 7.40. The molecule has 0 saturated carbocycles. The van der Waals surface area contributed by atoms with Crippen LogP contribution in [0.1, 0.15) is 25.3 Å². The minimum atomic E-state index is -0.902. The van der Waals surface area contributed by atoms with Crippen molar-refractivity contribution in [1.82, 2.24) is 0 Å². The number of benzene rings is 1. The lowest BCUT2D eigenvalue weighted by molar-refractivity contribution is 0.0359. The Balaban J connectivity index is 2.92. The van der Waals surface area contributed by atoms with Gasteiger partial charge in [0.2, 0.25) is 0 Å². The Hall–Kier alpha value is -1.06. The van der Waals surface area contributed by atoms with Crippen LogP contribution in [0.4, 0.5) is 0 Å². The van der Waals surface area contributed by atoms with E-state index in [4.69, 9.17) is 10.5 Å². The summed E-state index contributed by atoms with van der Waals surface area (Å²) in [5, 5.41) is 10.3. The van der Waals surface area contributed by atoms with Gasteiger partial charge in [-0.3, -0.25) is 0 Å². The highest BCUT2D eigenvalue weighted by Gasteiger charge is 2.26. The fourth-order valence-corrected chi connectivity index (χ4v) is 1.68. The van der Waals surface area contributed by atoms with Crippen LogP contribution >= 0.6 is 0 Å². The number of aliphatic hydroxyl groups is 1. The number of ether oxygens (including phenoxy) is 1. The van der Waals surface area contributed by atoms with E-state index in [1.54, 1.807) is 7.11 Å². The maximum Gasteiger partial charge on any atom is 0.118 e. The smallest absolute Gasteiger partial charge is 0.118 e. The lowest BCUT2D eigenvalue weighted by Crippen LogP contribution is -2.34. The molecular weight excluding hydrogens is 190 g/mol. The molecule has 0 aliphatic heterocycles. The molecule has 0 spiro atoms. The van der Waals surface area contributed by atoms with Crippen LogP contribution in [0, 0.1) is 0 Å². The van der Waals surface area contributed by atoms with Crippen molar-refractivity contribution >= 4 is 0 Å². The third-order valence-corrected chi connectivity index (χ3v) is 2.63. The number of nitrogens with two attached hydrogens (primary N) is 1. The summed E-state index contributed by atoms with van der Waals surface area (Å²) in [6.07, 6.45) is 1.58. The highest BCUT2D eigenvalue weighted by Crippen LogP contribution is 2.26. The van der Waals surface area contributed by atoms with Crippen molar-refractivity contribution in [1.29, 1.82) is 0 Å². The molecule has 0 fully saturated rings. The van der Waals surface area contributed by atoms with Gasteiger partial charge < -0.3 is 15.6 Å². The molecule has 3 nitrogen and oxygen atoms in total. The van der Waals surface area contributed by atoms with E-state index in [1.165, 1.54) is 0 Å². The van der Waals surface area contributed by atoms with Crippen molar-refractivity contribution in [2.24, 2.45) is 5.73 Å². The third-order valence-electron chi connectivity index (χ3n) is 2.63. The van der Waals surface area contributed by atoms with Gasteiger partial charge in [-0.05, 0) is 24.1 Å². The van der Waals surface area contributed by atoms with E-state index < -0.39 is 5.60 Å². The molecule has 3 N–H and O–H groups in total. The predicted octanol–water partition coefficient (Wildman–Crippen LogP) is 1.64. The van der Waals surface area contributed by atoms with Gasteiger partial charge in [0.15, 0.2) is 0 Å². The van der Waals surface area contributed by atoms with Gasteiger partial charge in [-0.15, -0.1) is 0 Å². The normalized spacial score (nSPS) is 14.7. The molecule has 84 valence electrons. The first-order valence-electron chi connectivity index (χ1n) is 5.23. The molecule has 0 heterocycles. The molecule has 0 amide bonds. The highest BCUT2D eigenvalue weighted by atomic mass is 16.5. The number of hydrogen-bond acceptors (Lipinski definition) is 3. The maximum absolute atomic E-state index is 10.3. The van der Waals surface area contributed by atoms with Crippen molar-refractivity contribution in [3.8, 4) is 5.75 Å². The SMILES string of the molecule is CCCC(O)(CN)c1ccc(OC)cc1. The second kappa shape index (κ2) is 5.14. The average Bonchev–Trinajstić information content (AvgIpc) is 2.29. The Morgan fingerprint density at radius 3 is 2.33 bits per heavy atom. The van der Waals surface area contributed by atoms with Gasteiger partial charge in [-0.25, -0.2) is 0 Å². The van der Waals surface area contributed by atoms with Crippen molar-refractivity contribution in [3.05, 3.63) is 29.8 Å². The van der Waals surface area contributed by atoms with Crippen LogP contribution in [0.15, 0.2) is 24.3 Å². The Morgan fingerprint density at radius 1 is 1.33 bits per heavy atom. The summed E-state index contributed by atoms with van der Waals surface area (Å²) in [4.78, 5) is 0. The van der Waals surface area contributed by atoms with Crippen molar-refractivity contribution in [3.63, 3.8) is 0 Å². The Labute approximate surface area is 90.9 Å². The Bertz CT molecular complexity index is 297. The fraction of sp³-hybridized carbons (Fsp3) is 0.500. The standard InChI is InChI=1S/C12H19NO2/c1-3-8-12(14,9-13)10-4-6-11(15-2)7-5-10/h4-7,14H,3,8-9,13H2,1-2H3. The third kappa shape index (κ3) is 2.70. The molecule has 0 radical (unpaired) electrons. The Kier molecular flexibility index (Phi) is 4.12. The van der Waals surface area contributed by atoms with E-state index >= 15 is 0 Å². The zero-order chi connectivity index (χ0) is 11.3. The molecule has 0 aromatic heterocycles.